The van der Waals surface area contributed by atoms with Crippen LogP contribution in [0.25, 0.3) is 0 Å². The third-order valence-corrected chi connectivity index (χ3v) is 5.37. The zero-order valence-electron chi connectivity index (χ0n) is 15.2. The van der Waals surface area contributed by atoms with Crippen LogP contribution < -0.4 is 4.74 Å². The monoisotopic (exact) mass is 354 g/mol. The van der Waals surface area contributed by atoms with Gasteiger partial charge in [-0.15, -0.1) is 0 Å². The predicted molar refractivity (Wildman–Crippen MR) is 99.0 cm³/mol. The molecule has 1 aromatic heterocycles. The molecular formula is C21H26N2O3. The van der Waals surface area contributed by atoms with E-state index in [0.29, 0.717) is 12.6 Å². The molecule has 5 heteroatoms. The van der Waals surface area contributed by atoms with E-state index < -0.39 is 0 Å². The number of benzene rings is 1. The van der Waals surface area contributed by atoms with Gasteiger partial charge in [0.2, 0.25) is 0 Å². The molecule has 2 heterocycles. The van der Waals surface area contributed by atoms with Crippen LogP contribution in [0.1, 0.15) is 24.1 Å². The van der Waals surface area contributed by atoms with E-state index in [2.05, 4.69) is 22.0 Å². The number of aromatic nitrogens is 1. The Morgan fingerprint density at radius 1 is 1.15 bits per heavy atom. The average molecular weight is 354 g/mol. The number of nitrogens with zero attached hydrogens (tertiary/aromatic N) is 2. The number of pyridine rings is 1. The minimum Gasteiger partial charge on any atom is -0.497 e. The average Bonchev–Trinajstić information content (AvgIpc) is 3.12. The zero-order valence-corrected chi connectivity index (χ0v) is 15.2. The van der Waals surface area contributed by atoms with Gasteiger partial charge < -0.3 is 14.2 Å². The minimum absolute atomic E-state index is 0.153. The number of methoxy groups -OCH3 is 1. The van der Waals surface area contributed by atoms with Gasteiger partial charge in [-0.3, -0.25) is 9.88 Å². The summed E-state index contributed by atoms with van der Waals surface area (Å²) in [5, 5.41) is 0. The van der Waals surface area contributed by atoms with Crippen LogP contribution in [0.5, 0.6) is 5.75 Å². The van der Waals surface area contributed by atoms with Crippen LogP contribution in [0.4, 0.5) is 0 Å². The fraction of sp³-hybridized carbons (Fsp3) is 0.476. The van der Waals surface area contributed by atoms with Gasteiger partial charge in [0.05, 0.1) is 38.2 Å². The molecule has 138 valence electrons. The highest BCUT2D eigenvalue weighted by Crippen LogP contribution is 2.33. The van der Waals surface area contributed by atoms with Crippen LogP contribution in [-0.2, 0) is 22.6 Å². The SMILES string of the molecule is COc1ccc(CN2CCO[C@@H]3[C@@H](OCc4ccccn4)CC[C@H]32)cc1. The van der Waals surface area contributed by atoms with Crippen molar-refractivity contribution < 1.29 is 14.2 Å². The van der Waals surface area contributed by atoms with E-state index in [4.69, 9.17) is 14.2 Å². The van der Waals surface area contributed by atoms with Gasteiger partial charge in [0.25, 0.3) is 0 Å². The molecule has 3 atom stereocenters. The third-order valence-electron chi connectivity index (χ3n) is 5.37. The smallest absolute Gasteiger partial charge is 0.118 e. The number of fused-ring (bicyclic) bond motifs is 1. The Balaban J connectivity index is 1.36. The number of hydrogen-bond donors (Lipinski definition) is 0. The predicted octanol–water partition coefficient (Wildman–Crippen LogP) is 3.04. The lowest BCUT2D eigenvalue weighted by molar-refractivity contribution is -0.119. The second-order valence-corrected chi connectivity index (χ2v) is 6.97. The molecule has 0 unspecified atom stereocenters. The van der Waals surface area contributed by atoms with Crippen molar-refractivity contribution in [3.8, 4) is 5.75 Å². The van der Waals surface area contributed by atoms with Gasteiger partial charge in [-0.05, 0) is 42.7 Å². The molecule has 2 fully saturated rings. The zero-order chi connectivity index (χ0) is 17.8. The second kappa shape index (κ2) is 8.16. The first-order valence-corrected chi connectivity index (χ1v) is 9.33. The summed E-state index contributed by atoms with van der Waals surface area (Å²) < 4.78 is 17.5. The van der Waals surface area contributed by atoms with E-state index in [1.54, 1.807) is 7.11 Å². The highest BCUT2D eigenvalue weighted by molar-refractivity contribution is 5.27. The number of ether oxygens (including phenoxy) is 3. The Morgan fingerprint density at radius 3 is 2.81 bits per heavy atom. The van der Waals surface area contributed by atoms with Crippen molar-refractivity contribution in [2.45, 2.75) is 44.2 Å². The van der Waals surface area contributed by atoms with Crippen molar-refractivity contribution in [2.24, 2.45) is 0 Å². The number of rotatable bonds is 6. The molecule has 4 rings (SSSR count). The van der Waals surface area contributed by atoms with Gasteiger partial charge in [-0.25, -0.2) is 0 Å². The summed E-state index contributed by atoms with van der Waals surface area (Å²) in [5.74, 6) is 0.900. The summed E-state index contributed by atoms with van der Waals surface area (Å²) in [5.41, 5.74) is 2.28. The molecule has 0 N–H and O–H groups in total. The topological polar surface area (TPSA) is 43.8 Å². The largest absolute Gasteiger partial charge is 0.497 e. The van der Waals surface area contributed by atoms with Gasteiger partial charge in [-0.2, -0.15) is 0 Å². The lowest BCUT2D eigenvalue weighted by Crippen LogP contribution is -2.51. The maximum absolute atomic E-state index is 6.16. The summed E-state index contributed by atoms with van der Waals surface area (Å²) in [6.45, 7) is 3.24. The van der Waals surface area contributed by atoms with Crippen molar-refractivity contribution in [2.75, 3.05) is 20.3 Å². The molecule has 1 saturated carbocycles. The first-order valence-electron chi connectivity index (χ1n) is 9.33. The molecule has 1 aromatic carbocycles. The first-order chi connectivity index (χ1) is 12.8. The summed E-state index contributed by atoms with van der Waals surface area (Å²) >= 11 is 0. The summed E-state index contributed by atoms with van der Waals surface area (Å²) in [7, 11) is 1.70. The maximum Gasteiger partial charge on any atom is 0.118 e. The fourth-order valence-corrected chi connectivity index (χ4v) is 4.01. The normalized spacial score (nSPS) is 25.8. The maximum atomic E-state index is 6.16. The quantitative estimate of drug-likeness (QED) is 0.798. The summed E-state index contributed by atoms with van der Waals surface area (Å²) in [6.07, 6.45) is 4.28. The molecule has 2 aliphatic rings. The Kier molecular flexibility index (Phi) is 5.48. The van der Waals surface area contributed by atoms with Crippen LogP contribution in [0.2, 0.25) is 0 Å². The van der Waals surface area contributed by atoms with E-state index in [0.717, 1.165) is 44.0 Å². The van der Waals surface area contributed by atoms with E-state index >= 15 is 0 Å². The van der Waals surface area contributed by atoms with Crippen LogP contribution in [-0.4, -0.2) is 48.4 Å². The van der Waals surface area contributed by atoms with Gasteiger partial charge >= 0.3 is 0 Å². The van der Waals surface area contributed by atoms with E-state index in [1.165, 1.54) is 5.56 Å². The first kappa shape index (κ1) is 17.5. The van der Waals surface area contributed by atoms with Crippen molar-refractivity contribution in [1.29, 1.82) is 0 Å². The van der Waals surface area contributed by atoms with E-state index in [1.807, 2.05) is 36.5 Å². The van der Waals surface area contributed by atoms with Crippen LogP contribution >= 0.6 is 0 Å². The molecule has 0 radical (unpaired) electrons. The molecular weight excluding hydrogens is 328 g/mol. The van der Waals surface area contributed by atoms with Gasteiger partial charge in [0, 0.05) is 25.3 Å². The van der Waals surface area contributed by atoms with Gasteiger partial charge in [-0.1, -0.05) is 18.2 Å². The summed E-state index contributed by atoms with van der Waals surface area (Å²) in [4.78, 5) is 6.88. The molecule has 1 saturated heterocycles. The van der Waals surface area contributed by atoms with E-state index in [-0.39, 0.29) is 12.2 Å². The van der Waals surface area contributed by atoms with Crippen molar-refractivity contribution in [3.05, 3.63) is 59.9 Å². The second-order valence-electron chi connectivity index (χ2n) is 6.97. The number of morpholine rings is 1. The minimum atomic E-state index is 0.153. The van der Waals surface area contributed by atoms with Crippen LogP contribution in [0.15, 0.2) is 48.7 Å². The standard InChI is InChI=1S/C21H26N2O3/c1-24-18-7-5-16(6-8-18)14-23-12-13-25-21-19(23)9-10-20(21)26-15-17-4-2-3-11-22-17/h2-8,11,19-21H,9-10,12-15H2,1H3/t19-,20+,21+/m1/s1. The van der Waals surface area contributed by atoms with Gasteiger partial charge in [0.15, 0.2) is 0 Å². The van der Waals surface area contributed by atoms with Crippen molar-refractivity contribution >= 4 is 0 Å². The molecule has 0 bridgehead atoms. The number of hydrogen-bond acceptors (Lipinski definition) is 5. The Bertz CT molecular complexity index is 692. The molecule has 0 spiro atoms. The Hall–Kier alpha value is -1.95. The lowest BCUT2D eigenvalue weighted by atomic mass is 10.1. The third kappa shape index (κ3) is 3.90. The molecule has 2 aromatic rings. The molecule has 5 nitrogen and oxygen atoms in total. The summed E-state index contributed by atoms with van der Waals surface area (Å²) in [6, 6.07) is 14.7. The highest BCUT2D eigenvalue weighted by atomic mass is 16.5. The molecule has 1 aliphatic heterocycles. The molecule has 1 aliphatic carbocycles. The lowest BCUT2D eigenvalue weighted by Gasteiger charge is -2.39. The van der Waals surface area contributed by atoms with Crippen LogP contribution in [0.3, 0.4) is 0 Å². The van der Waals surface area contributed by atoms with Gasteiger partial charge in [0.1, 0.15) is 5.75 Å². The van der Waals surface area contributed by atoms with Crippen molar-refractivity contribution in [3.63, 3.8) is 0 Å². The van der Waals surface area contributed by atoms with E-state index in [9.17, 15) is 0 Å². The van der Waals surface area contributed by atoms with Crippen molar-refractivity contribution in [1.82, 2.24) is 9.88 Å². The molecule has 26 heavy (non-hydrogen) atoms. The Labute approximate surface area is 154 Å². The Morgan fingerprint density at radius 2 is 2.04 bits per heavy atom. The van der Waals surface area contributed by atoms with Crippen LogP contribution in [0, 0.1) is 0 Å². The highest BCUT2D eigenvalue weighted by Gasteiger charge is 2.43. The molecule has 0 amide bonds. The fourth-order valence-electron chi connectivity index (χ4n) is 4.01.